The van der Waals surface area contributed by atoms with Crippen molar-refractivity contribution in [2.75, 3.05) is 6.54 Å². The maximum Gasteiger partial charge on any atom is 0.303 e. The molecule has 1 heterocycles. The van der Waals surface area contributed by atoms with E-state index in [2.05, 4.69) is 10.3 Å². The van der Waals surface area contributed by atoms with Gasteiger partial charge in [0.25, 0.3) is 5.91 Å². The molecule has 0 saturated heterocycles. The molecule has 0 spiro atoms. The number of carbonyl (C=O) groups excluding carboxylic acids is 1. The highest BCUT2D eigenvalue weighted by molar-refractivity contribution is 5.94. The lowest BCUT2D eigenvalue weighted by molar-refractivity contribution is -0.138. The predicted molar refractivity (Wildman–Crippen MR) is 62.6 cm³/mol. The molecule has 1 unspecified atom stereocenters. The highest BCUT2D eigenvalue weighted by atomic mass is 19.1. The van der Waals surface area contributed by atoms with Crippen LogP contribution in [0.2, 0.25) is 0 Å². The third kappa shape index (κ3) is 4.12. The van der Waals surface area contributed by atoms with Gasteiger partial charge in [-0.25, -0.2) is 4.98 Å². The van der Waals surface area contributed by atoms with E-state index < -0.39 is 17.8 Å². The minimum Gasteiger partial charge on any atom is -0.481 e. The minimum atomic E-state index is -0.913. The van der Waals surface area contributed by atoms with E-state index in [0.717, 1.165) is 0 Å². The molecule has 0 aliphatic carbocycles. The molecule has 98 valence electrons. The number of hydrogen-bond donors (Lipinski definition) is 2. The van der Waals surface area contributed by atoms with Crippen molar-refractivity contribution in [3.05, 3.63) is 29.8 Å². The van der Waals surface area contributed by atoms with Crippen molar-refractivity contribution < 1.29 is 19.1 Å². The zero-order valence-electron chi connectivity index (χ0n) is 10.0. The lowest BCUT2D eigenvalue weighted by Gasteiger charge is -2.13. The maximum absolute atomic E-state index is 13.2. The number of halogens is 1. The van der Waals surface area contributed by atoms with E-state index in [-0.39, 0.29) is 24.4 Å². The van der Waals surface area contributed by atoms with E-state index in [0.29, 0.717) is 6.42 Å². The smallest absolute Gasteiger partial charge is 0.303 e. The molecule has 0 aliphatic rings. The number of nitrogens with one attached hydrogen (secondary N) is 1. The molecule has 1 aromatic rings. The monoisotopic (exact) mass is 254 g/mol. The van der Waals surface area contributed by atoms with Crippen molar-refractivity contribution in [3.63, 3.8) is 0 Å². The van der Waals surface area contributed by atoms with Crippen LogP contribution in [0.5, 0.6) is 0 Å². The summed E-state index contributed by atoms with van der Waals surface area (Å²) in [5, 5.41) is 11.2. The van der Waals surface area contributed by atoms with Gasteiger partial charge in [-0.3, -0.25) is 9.59 Å². The van der Waals surface area contributed by atoms with Crippen molar-refractivity contribution in [3.8, 4) is 0 Å². The summed E-state index contributed by atoms with van der Waals surface area (Å²) in [5.74, 6) is -2.49. The van der Waals surface area contributed by atoms with Gasteiger partial charge in [-0.2, -0.15) is 4.39 Å². The van der Waals surface area contributed by atoms with Crippen LogP contribution in [0.25, 0.3) is 0 Å². The maximum atomic E-state index is 13.2. The van der Waals surface area contributed by atoms with E-state index in [1.165, 1.54) is 18.3 Å². The van der Waals surface area contributed by atoms with Crippen LogP contribution in [-0.2, 0) is 4.79 Å². The van der Waals surface area contributed by atoms with Gasteiger partial charge < -0.3 is 10.4 Å². The van der Waals surface area contributed by atoms with E-state index in [1.54, 1.807) is 0 Å². The summed E-state index contributed by atoms with van der Waals surface area (Å²) in [5.41, 5.74) is -0.136. The quantitative estimate of drug-likeness (QED) is 0.753. The van der Waals surface area contributed by atoms with E-state index in [1.807, 2.05) is 6.92 Å². The number of amides is 1. The molecule has 0 aromatic carbocycles. The summed E-state index contributed by atoms with van der Waals surface area (Å²) in [7, 11) is 0. The first-order valence-electron chi connectivity index (χ1n) is 5.65. The lowest BCUT2D eigenvalue weighted by Crippen LogP contribution is -2.30. The van der Waals surface area contributed by atoms with Gasteiger partial charge in [0, 0.05) is 19.2 Å². The van der Waals surface area contributed by atoms with Gasteiger partial charge in [-0.1, -0.05) is 13.3 Å². The first-order valence-corrected chi connectivity index (χ1v) is 5.65. The van der Waals surface area contributed by atoms with Gasteiger partial charge in [0.05, 0.1) is 5.56 Å². The number of carboxylic acids is 1. The molecule has 1 amide bonds. The Balaban J connectivity index is 2.55. The summed E-state index contributed by atoms with van der Waals surface area (Å²) in [6, 6.07) is 2.79. The molecule has 1 rings (SSSR count). The lowest BCUT2D eigenvalue weighted by atomic mass is 10.0. The second-order valence-corrected chi connectivity index (χ2v) is 3.92. The van der Waals surface area contributed by atoms with Gasteiger partial charge in [-0.05, 0) is 18.1 Å². The first-order chi connectivity index (χ1) is 8.54. The number of hydrogen-bond acceptors (Lipinski definition) is 3. The number of rotatable bonds is 6. The average molecular weight is 254 g/mol. The molecule has 6 heteroatoms. The third-order valence-corrected chi connectivity index (χ3v) is 2.60. The van der Waals surface area contributed by atoms with Crippen LogP contribution in [0.15, 0.2) is 18.3 Å². The Kier molecular flexibility index (Phi) is 5.23. The number of aliphatic carboxylic acids is 1. The standard InChI is InChI=1S/C12H15FN2O3/c1-2-8(6-10(16)17)7-15-12(18)9-4-3-5-14-11(9)13/h3-5,8H,2,6-7H2,1H3,(H,15,18)(H,16,17). The largest absolute Gasteiger partial charge is 0.481 e. The third-order valence-electron chi connectivity index (χ3n) is 2.60. The SMILES string of the molecule is CCC(CNC(=O)c1cccnc1F)CC(=O)O. The molecule has 2 N–H and O–H groups in total. The Morgan fingerprint density at radius 2 is 2.28 bits per heavy atom. The van der Waals surface area contributed by atoms with E-state index >= 15 is 0 Å². The fraction of sp³-hybridized carbons (Fsp3) is 0.417. The van der Waals surface area contributed by atoms with Crippen LogP contribution >= 0.6 is 0 Å². The van der Waals surface area contributed by atoms with E-state index in [9.17, 15) is 14.0 Å². The predicted octanol–water partition coefficient (Wildman–Crippen LogP) is 1.45. The van der Waals surface area contributed by atoms with Crippen LogP contribution in [0, 0.1) is 11.9 Å². The second kappa shape index (κ2) is 6.68. The summed E-state index contributed by atoms with van der Waals surface area (Å²) >= 11 is 0. The Hall–Kier alpha value is -1.98. The Labute approximate surface area is 104 Å². The molecule has 0 radical (unpaired) electrons. The van der Waals surface area contributed by atoms with Gasteiger partial charge in [-0.15, -0.1) is 0 Å². The molecular formula is C12H15FN2O3. The van der Waals surface area contributed by atoms with Gasteiger partial charge in [0.15, 0.2) is 0 Å². The fourth-order valence-corrected chi connectivity index (χ4v) is 1.50. The van der Waals surface area contributed by atoms with Gasteiger partial charge >= 0.3 is 5.97 Å². The van der Waals surface area contributed by atoms with Crippen LogP contribution < -0.4 is 5.32 Å². The Morgan fingerprint density at radius 1 is 1.56 bits per heavy atom. The first kappa shape index (κ1) is 14.1. The number of pyridine rings is 1. The Morgan fingerprint density at radius 3 is 2.83 bits per heavy atom. The van der Waals surface area contributed by atoms with Gasteiger partial charge in [0.2, 0.25) is 5.95 Å². The molecular weight excluding hydrogens is 239 g/mol. The zero-order chi connectivity index (χ0) is 13.5. The number of nitrogens with zero attached hydrogens (tertiary/aromatic N) is 1. The summed E-state index contributed by atoms with van der Waals surface area (Å²) < 4.78 is 13.2. The fourth-order valence-electron chi connectivity index (χ4n) is 1.50. The normalized spacial score (nSPS) is 11.9. The zero-order valence-corrected chi connectivity index (χ0v) is 10.0. The number of carbonyl (C=O) groups is 2. The summed E-state index contributed by atoms with van der Waals surface area (Å²) in [6.45, 7) is 2.04. The highest BCUT2D eigenvalue weighted by Crippen LogP contribution is 2.08. The highest BCUT2D eigenvalue weighted by Gasteiger charge is 2.15. The molecule has 1 atom stereocenters. The molecule has 0 fully saturated rings. The van der Waals surface area contributed by atoms with E-state index in [4.69, 9.17) is 5.11 Å². The van der Waals surface area contributed by atoms with Crippen molar-refractivity contribution in [2.45, 2.75) is 19.8 Å². The molecule has 1 aromatic heterocycles. The number of aromatic nitrogens is 1. The molecule has 0 saturated carbocycles. The second-order valence-electron chi connectivity index (χ2n) is 3.92. The van der Waals surface area contributed by atoms with Crippen LogP contribution in [-0.4, -0.2) is 28.5 Å². The van der Waals surface area contributed by atoms with Crippen molar-refractivity contribution in [2.24, 2.45) is 5.92 Å². The molecule has 5 nitrogen and oxygen atoms in total. The summed E-state index contributed by atoms with van der Waals surface area (Å²) in [6.07, 6.45) is 1.86. The summed E-state index contributed by atoms with van der Waals surface area (Å²) in [4.78, 5) is 25.6. The number of carboxylic acid groups (broad SMARTS) is 1. The van der Waals surface area contributed by atoms with Crippen LogP contribution in [0.4, 0.5) is 4.39 Å². The topological polar surface area (TPSA) is 79.3 Å². The Bertz CT molecular complexity index is 437. The van der Waals surface area contributed by atoms with Crippen molar-refractivity contribution >= 4 is 11.9 Å². The van der Waals surface area contributed by atoms with Crippen molar-refractivity contribution in [1.82, 2.24) is 10.3 Å². The molecule has 0 bridgehead atoms. The molecule has 0 aliphatic heterocycles. The van der Waals surface area contributed by atoms with Crippen LogP contribution in [0.1, 0.15) is 30.1 Å². The minimum absolute atomic E-state index is 0.0215. The molecule has 18 heavy (non-hydrogen) atoms. The van der Waals surface area contributed by atoms with Gasteiger partial charge in [0.1, 0.15) is 0 Å². The van der Waals surface area contributed by atoms with Crippen molar-refractivity contribution in [1.29, 1.82) is 0 Å². The van der Waals surface area contributed by atoms with Crippen LogP contribution in [0.3, 0.4) is 0 Å². The average Bonchev–Trinajstić information content (AvgIpc) is 2.34.